The Morgan fingerprint density at radius 1 is 1.13 bits per heavy atom. The van der Waals surface area contributed by atoms with Crippen LogP contribution in [-0.4, -0.2) is 36.1 Å². The summed E-state index contributed by atoms with van der Waals surface area (Å²) in [4.78, 5) is 15.4. The van der Waals surface area contributed by atoms with Crippen LogP contribution < -0.4 is 10.2 Å². The molecule has 0 radical (unpaired) electrons. The highest BCUT2D eigenvalue weighted by Gasteiger charge is 2.31. The SMILES string of the molecule is C[C@@H]1CCc2c(sc3nc(C4CC4)nc(N4CCNCC4)c23)C1. The van der Waals surface area contributed by atoms with Crippen LogP contribution in [0.25, 0.3) is 10.2 Å². The maximum absolute atomic E-state index is 5.08. The van der Waals surface area contributed by atoms with E-state index in [-0.39, 0.29) is 0 Å². The fraction of sp³-hybridized carbons (Fsp3) is 0.667. The third-order valence-electron chi connectivity index (χ3n) is 5.51. The van der Waals surface area contributed by atoms with Gasteiger partial charge in [0.1, 0.15) is 16.5 Å². The molecule has 23 heavy (non-hydrogen) atoms. The van der Waals surface area contributed by atoms with E-state index in [2.05, 4.69) is 17.1 Å². The Balaban J connectivity index is 1.69. The largest absolute Gasteiger partial charge is 0.353 e. The number of hydrogen-bond acceptors (Lipinski definition) is 5. The van der Waals surface area contributed by atoms with Gasteiger partial charge in [0.05, 0.1) is 5.39 Å². The van der Waals surface area contributed by atoms with E-state index < -0.39 is 0 Å². The fourth-order valence-electron chi connectivity index (χ4n) is 3.97. The molecule has 1 saturated carbocycles. The number of nitrogens with one attached hydrogen (secondary N) is 1. The first kappa shape index (κ1) is 14.2. The monoisotopic (exact) mass is 328 g/mol. The summed E-state index contributed by atoms with van der Waals surface area (Å²) in [6, 6.07) is 0. The summed E-state index contributed by atoms with van der Waals surface area (Å²) < 4.78 is 0. The van der Waals surface area contributed by atoms with Gasteiger partial charge in [-0.1, -0.05) is 6.92 Å². The predicted octanol–water partition coefficient (Wildman–Crippen LogP) is 3.10. The highest BCUT2D eigenvalue weighted by Crippen LogP contribution is 2.44. The van der Waals surface area contributed by atoms with Gasteiger partial charge >= 0.3 is 0 Å². The Morgan fingerprint density at radius 3 is 2.74 bits per heavy atom. The number of aromatic nitrogens is 2. The number of nitrogens with zero attached hydrogens (tertiary/aromatic N) is 3. The molecule has 5 heteroatoms. The molecule has 2 aliphatic carbocycles. The van der Waals surface area contributed by atoms with Crippen molar-refractivity contribution in [3.05, 3.63) is 16.3 Å². The number of piperazine rings is 1. The van der Waals surface area contributed by atoms with E-state index in [9.17, 15) is 0 Å². The number of fused-ring (bicyclic) bond motifs is 3. The molecule has 4 nitrogen and oxygen atoms in total. The summed E-state index contributed by atoms with van der Waals surface area (Å²) in [6.45, 7) is 6.64. The van der Waals surface area contributed by atoms with E-state index in [0.717, 1.165) is 37.9 Å². The van der Waals surface area contributed by atoms with Crippen LogP contribution in [0.5, 0.6) is 0 Å². The second-order valence-corrected chi connectivity index (χ2v) is 8.53. The topological polar surface area (TPSA) is 41.1 Å². The van der Waals surface area contributed by atoms with E-state index in [1.54, 1.807) is 10.4 Å². The van der Waals surface area contributed by atoms with Crippen LogP contribution in [0.1, 0.15) is 48.4 Å². The zero-order valence-corrected chi connectivity index (χ0v) is 14.6. The summed E-state index contributed by atoms with van der Waals surface area (Å²) >= 11 is 1.95. The molecule has 122 valence electrons. The highest BCUT2D eigenvalue weighted by molar-refractivity contribution is 7.19. The van der Waals surface area contributed by atoms with Gasteiger partial charge in [-0.3, -0.25) is 0 Å². The van der Waals surface area contributed by atoms with Crippen molar-refractivity contribution >= 4 is 27.4 Å². The molecule has 1 atom stereocenters. The minimum atomic E-state index is 0.624. The number of rotatable bonds is 2. The molecule has 3 heterocycles. The molecule has 2 fully saturated rings. The Kier molecular flexibility index (Phi) is 3.34. The lowest BCUT2D eigenvalue weighted by Gasteiger charge is -2.29. The Bertz CT molecular complexity index is 743. The third-order valence-corrected chi connectivity index (χ3v) is 6.66. The average molecular weight is 328 g/mol. The third kappa shape index (κ3) is 2.45. The molecule has 2 aromatic rings. The van der Waals surface area contributed by atoms with Crippen molar-refractivity contribution in [1.82, 2.24) is 15.3 Å². The van der Waals surface area contributed by atoms with Crippen molar-refractivity contribution in [3.8, 4) is 0 Å². The Labute approximate surface area is 141 Å². The van der Waals surface area contributed by atoms with Crippen molar-refractivity contribution in [2.75, 3.05) is 31.1 Å². The van der Waals surface area contributed by atoms with Gasteiger partial charge in [-0.25, -0.2) is 9.97 Å². The van der Waals surface area contributed by atoms with Gasteiger partial charge in [-0.05, 0) is 43.6 Å². The Morgan fingerprint density at radius 2 is 1.96 bits per heavy atom. The molecule has 2 aromatic heterocycles. The first-order chi connectivity index (χ1) is 11.3. The van der Waals surface area contributed by atoms with Gasteiger partial charge in [0.15, 0.2) is 0 Å². The van der Waals surface area contributed by atoms with Gasteiger partial charge in [0.2, 0.25) is 0 Å². The zero-order valence-electron chi connectivity index (χ0n) is 13.8. The van der Waals surface area contributed by atoms with Crippen molar-refractivity contribution in [1.29, 1.82) is 0 Å². The molecule has 0 unspecified atom stereocenters. The van der Waals surface area contributed by atoms with Gasteiger partial charge in [-0.15, -0.1) is 11.3 Å². The van der Waals surface area contributed by atoms with Crippen molar-refractivity contribution in [3.63, 3.8) is 0 Å². The van der Waals surface area contributed by atoms with Crippen LogP contribution in [-0.2, 0) is 12.8 Å². The van der Waals surface area contributed by atoms with E-state index in [0.29, 0.717) is 5.92 Å². The lowest BCUT2D eigenvalue weighted by atomic mass is 9.89. The van der Waals surface area contributed by atoms with Crippen LogP contribution in [0.15, 0.2) is 0 Å². The lowest BCUT2D eigenvalue weighted by Crippen LogP contribution is -2.44. The molecule has 0 spiro atoms. The molecule has 1 saturated heterocycles. The number of anilines is 1. The van der Waals surface area contributed by atoms with Crippen LogP contribution in [0.3, 0.4) is 0 Å². The van der Waals surface area contributed by atoms with Gasteiger partial charge in [0, 0.05) is 37.0 Å². The fourth-order valence-corrected chi connectivity index (χ4v) is 5.35. The molecule has 5 rings (SSSR count). The quantitative estimate of drug-likeness (QED) is 0.920. The Hall–Kier alpha value is -1.20. The van der Waals surface area contributed by atoms with Crippen LogP contribution >= 0.6 is 11.3 Å². The van der Waals surface area contributed by atoms with Crippen LogP contribution in [0.4, 0.5) is 5.82 Å². The van der Waals surface area contributed by atoms with Crippen molar-refractivity contribution in [2.45, 2.75) is 44.9 Å². The summed E-state index contributed by atoms with van der Waals surface area (Å²) in [7, 11) is 0. The van der Waals surface area contributed by atoms with Crippen molar-refractivity contribution in [2.24, 2.45) is 5.92 Å². The summed E-state index contributed by atoms with van der Waals surface area (Å²) in [5.74, 6) is 3.79. The molecule has 0 bridgehead atoms. The van der Waals surface area contributed by atoms with E-state index >= 15 is 0 Å². The molecule has 3 aliphatic rings. The molecular formula is C18H24N4S. The first-order valence-corrected chi connectivity index (χ1v) is 9.89. The maximum Gasteiger partial charge on any atom is 0.141 e. The van der Waals surface area contributed by atoms with Crippen LogP contribution in [0.2, 0.25) is 0 Å². The molecule has 0 aromatic carbocycles. The standard InChI is InChI=1S/C18H24N4S/c1-11-2-5-13-14(10-11)23-18-15(13)17(22-8-6-19-7-9-22)20-16(21-18)12-3-4-12/h11-12,19H,2-10H2,1H3/t11-/m1/s1. The van der Waals surface area contributed by atoms with Gasteiger partial charge in [0.25, 0.3) is 0 Å². The number of hydrogen-bond donors (Lipinski definition) is 1. The number of aryl methyl sites for hydroxylation is 1. The second-order valence-electron chi connectivity index (χ2n) is 7.45. The minimum absolute atomic E-state index is 0.624. The lowest BCUT2D eigenvalue weighted by molar-refractivity contribution is 0.509. The summed E-state index contributed by atoms with van der Waals surface area (Å²) in [6.07, 6.45) is 6.30. The first-order valence-electron chi connectivity index (χ1n) is 9.07. The molecule has 1 N–H and O–H groups in total. The van der Waals surface area contributed by atoms with Crippen LogP contribution in [0, 0.1) is 5.92 Å². The summed E-state index contributed by atoms with van der Waals surface area (Å²) in [5, 5.41) is 4.85. The smallest absolute Gasteiger partial charge is 0.141 e. The van der Waals surface area contributed by atoms with Crippen molar-refractivity contribution < 1.29 is 0 Å². The van der Waals surface area contributed by atoms with Gasteiger partial charge < -0.3 is 10.2 Å². The van der Waals surface area contributed by atoms with E-state index in [1.165, 1.54) is 48.1 Å². The molecule has 1 aliphatic heterocycles. The summed E-state index contributed by atoms with van der Waals surface area (Å²) in [5.41, 5.74) is 1.57. The minimum Gasteiger partial charge on any atom is -0.353 e. The number of thiophene rings is 1. The maximum atomic E-state index is 5.08. The highest BCUT2D eigenvalue weighted by atomic mass is 32.1. The molecule has 0 amide bonds. The van der Waals surface area contributed by atoms with E-state index in [1.807, 2.05) is 11.3 Å². The average Bonchev–Trinajstić information content (AvgIpc) is 3.36. The normalized spacial score (nSPS) is 24.9. The predicted molar refractivity (Wildman–Crippen MR) is 95.7 cm³/mol. The van der Waals surface area contributed by atoms with E-state index in [4.69, 9.17) is 9.97 Å². The molecular weight excluding hydrogens is 304 g/mol. The zero-order chi connectivity index (χ0) is 15.4. The second kappa shape index (κ2) is 5.42. The van der Waals surface area contributed by atoms with Gasteiger partial charge in [-0.2, -0.15) is 0 Å².